The van der Waals surface area contributed by atoms with Gasteiger partial charge in [0.1, 0.15) is 5.75 Å². The Balaban J connectivity index is 1.94. The van der Waals surface area contributed by atoms with Crippen LogP contribution in [0.4, 0.5) is 0 Å². The maximum atomic E-state index is 5.79. The van der Waals surface area contributed by atoms with Gasteiger partial charge < -0.3 is 4.74 Å². The molecule has 1 heterocycles. The van der Waals surface area contributed by atoms with Crippen LogP contribution in [0.15, 0.2) is 53.9 Å². The summed E-state index contributed by atoms with van der Waals surface area (Å²) in [7, 11) is 1.69. The Morgan fingerprint density at radius 1 is 1.14 bits per heavy atom. The molecule has 108 valence electrons. The molecular weight excluding hydrogens is 280 g/mol. The van der Waals surface area contributed by atoms with Gasteiger partial charge >= 0.3 is 0 Å². The van der Waals surface area contributed by atoms with Crippen LogP contribution in [0.2, 0.25) is 0 Å². The van der Waals surface area contributed by atoms with Crippen molar-refractivity contribution >= 4 is 21.4 Å². The molecule has 0 radical (unpaired) electrons. The van der Waals surface area contributed by atoms with Gasteiger partial charge in [-0.3, -0.25) is 11.3 Å². The molecule has 0 spiro atoms. The Hall–Kier alpha value is -1.88. The largest absolute Gasteiger partial charge is 0.496 e. The molecule has 0 aliphatic rings. The molecule has 0 aliphatic heterocycles. The molecule has 21 heavy (non-hydrogen) atoms. The van der Waals surface area contributed by atoms with E-state index in [4.69, 9.17) is 10.6 Å². The molecule has 3 aromatic rings. The van der Waals surface area contributed by atoms with Crippen molar-refractivity contribution in [3.63, 3.8) is 0 Å². The molecule has 1 atom stereocenters. The van der Waals surface area contributed by atoms with Crippen LogP contribution in [0.25, 0.3) is 10.1 Å². The summed E-state index contributed by atoms with van der Waals surface area (Å²) in [6.45, 7) is 0. The molecule has 1 unspecified atom stereocenters. The van der Waals surface area contributed by atoms with Crippen molar-refractivity contribution in [2.45, 2.75) is 12.5 Å². The average Bonchev–Trinajstić information content (AvgIpc) is 2.95. The number of benzene rings is 2. The topological polar surface area (TPSA) is 47.3 Å². The fourth-order valence-corrected chi connectivity index (χ4v) is 3.60. The van der Waals surface area contributed by atoms with E-state index >= 15 is 0 Å². The van der Waals surface area contributed by atoms with Crippen LogP contribution in [-0.2, 0) is 6.42 Å². The van der Waals surface area contributed by atoms with E-state index in [2.05, 4.69) is 41.1 Å². The monoisotopic (exact) mass is 298 g/mol. The van der Waals surface area contributed by atoms with E-state index < -0.39 is 0 Å². The number of hydrogen-bond acceptors (Lipinski definition) is 4. The lowest BCUT2D eigenvalue weighted by atomic mass is 9.98. The summed E-state index contributed by atoms with van der Waals surface area (Å²) in [4.78, 5) is 0. The van der Waals surface area contributed by atoms with Crippen molar-refractivity contribution in [3.05, 3.63) is 65.0 Å². The average molecular weight is 298 g/mol. The molecule has 4 heteroatoms. The molecule has 3 nitrogen and oxygen atoms in total. The summed E-state index contributed by atoms with van der Waals surface area (Å²) < 4.78 is 6.75. The molecule has 0 aliphatic carbocycles. The Kier molecular flexibility index (Phi) is 4.20. The molecule has 1 aromatic heterocycles. The number of ether oxygens (including phenoxy) is 1. The zero-order chi connectivity index (χ0) is 14.7. The van der Waals surface area contributed by atoms with Gasteiger partial charge in [-0.05, 0) is 34.9 Å². The first-order valence-electron chi connectivity index (χ1n) is 6.87. The molecule has 0 saturated carbocycles. The quantitative estimate of drug-likeness (QED) is 0.558. The number of hydrogen-bond donors (Lipinski definition) is 2. The predicted octanol–water partition coefficient (Wildman–Crippen LogP) is 3.66. The Bertz CT molecular complexity index is 738. The molecule has 0 amide bonds. The summed E-state index contributed by atoms with van der Waals surface area (Å²) in [5.41, 5.74) is 5.31. The van der Waals surface area contributed by atoms with Crippen molar-refractivity contribution < 1.29 is 4.74 Å². The Morgan fingerprint density at radius 2 is 1.90 bits per heavy atom. The van der Waals surface area contributed by atoms with E-state index in [0.717, 1.165) is 17.7 Å². The third-order valence-corrected chi connectivity index (χ3v) is 4.71. The van der Waals surface area contributed by atoms with Crippen LogP contribution >= 0.6 is 11.3 Å². The number of hydrazine groups is 1. The van der Waals surface area contributed by atoms with E-state index in [9.17, 15) is 0 Å². The van der Waals surface area contributed by atoms with Gasteiger partial charge in [-0.1, -0.05) is 36.4 Å². The number of nitrogens with one attached hydrogen (secondary N) is 1. The number of thiophene rings is 1. The highest BCUT2D eigenvalue weighted by atomic mass is 32.1. The van der Waals surface area contributed by atoms with E-state index in [1.54, 1.807) is 18.4 Å². The van der Waals surface area contributed by atoms with Crippen LogP contribution in [0.3, 0.4) is 0 Å². The highest BCUT2D eigenvalue weighted by Gasteiger charge is 2.16. The van der Waals surface area contributed by atoms with E-state index in [-0.39, 0.29) is 6.04 Å². The van der Waals surface area contributed by atoms with Crippen LogP contribution in [0.5, 0.6) is 5.75 Å². The first kappa shape index (κ1) is 14.1. The van der Waals surface area contributed by atoms with E-state index in [0.29, 0.717) is 0 Å². The molecule has 0 fully saturated rings. The molecule has 3 N–H and O–H groups in total. The van der Waals surface area contributed by atoms with Gasteiger partial charge in [-0.25, -0.2) is 0 Å². The van der Waals surface area contributed by atoms with Gasteiger partial charge in [0.15, 0.2) is 0 Å². The van der Waals surface area contributed by atoms with Crippen LogP contribution in [0, 0.1) is 0 Å². The fraction of sp³-hybridized carbons (Fsp3) is 0.176. The maximum absolute atomic E-state index is 5.79. The summed E-state index contributed by atoms with van der Waals surface area (Å²) in [5, 5.41) is 3.52. The number of fused-ring (bicyclic) bond motifs is 1. The Labute approximate surface area is 128 Å². The summed E-state index contributed by atoms with van der Waals surface area (Å²) >= 11 is 1.77. The molecular formula is C17H18N2OS. The van der Waals surface area contributed by atoms with Gasteiger partial charge in [0.05, 0.1) is 13.2 Å². The Morgan fingerprint density at radius 3 is 2.71 bits per heavy atom. The summed E-state index contributed by atoms with van der Waals surface area (Å²) in [6.07, 6.45) is 0.834. The zero-order valence-electron chi connectivity index (χ0n) is 11.9. The highest BCUT2D eigenvalue weighted by molar-refractivity contribution is 7.17. The van der Waals surface area contributed by atoms with Crippen molar-refractivity contribution in [3.8, 4) is 5.75 Å². The van der Waals surface area contributed by atoms with Crippen molar-refractivity contribution in [2.75, 3.05) is 7.11 Å². The standard InChI is InChI=1S/C17H18N2OS/c1-20-16-8-4-2-7-14(16)15(19-18)10-12-11-21-17-9-5-3-6-13(12)17/h2-9,11,15,19H,10,18H2,1H3. The third-order valence-electron chi connectivity index (χ3n) is 3.70. The lowest BCUT2D eigenvalue weighted by Crippen LogP contribution is -2.29. The van der Waals surface area contributed by atoms with Crippen LogP contribution in [-0.4, -0.2) is 7.11 Å². The third kappa shape index (κ3) is 2.78. The van der Waals surface area contributed by atoms with Gasteiger partial charge in [0.2, 0.25) is 0 Å². The van der Waals surface area contributed by atoms with Crippen molar-refractivity contribution in [1.29, 1.82) is 0 Å². The molecule has 0 bridgehead atoms. The van der Waals surface area contributed by atoms with Crippen molar-refractivity contribution in [2.24, 2.45) is 5.84 Å². The van der Waals surface area contributed by atoms with E-state index in [1.165, 1.54) is 15.6 Å². The lowest BCUT2D eigenvalue weighted by molar-refractivity contribution is 0.399. The minimum Gasteiger partial charge on any atom is -0.496 e. The maximum Gasteiger partial charge on any atom is 0.123 e. The van der Waals surface area contributed by atoms with Crippen molar-refractivity contribution in [1.82, 2.24) is 5.43 Å². The predicted molar refractivity (Wildman–Crippen MR) is 88.6 cm³/mol. The lowest BCUT2D eigenvalue weighted by Gasteiger charge is -2.18. The highest BCUT2D eigenvalue weighted by Crippen LogP contribution is 2.32. The first-order chi connectivity index (χ1) is 10.3. The van der Waals surface area contributed by atoms with Gasteiger partial charge in [0.25, 0.3) is 0 Å². The number of para-hydroxylation sites is 1. The second kappa shape index (κ2) is 6.26. The van der Waals surface area contributed by atoms with Gasteiger partial charge in [-0.2, -0.15) is 0 Å². The normalized spacial score (nSPS) is 12.5. The molecule has 2 aromatic carbocycles. The van der Waals surface area contributed by atoms with E-state index in [1.807, 2.05) is 18.2 Å². The second-order valence-electron chi connectivity index (χ2n) is 4.92. The number of nitrogens with two attached hydrogens (primary N) is 1. The smallest absolute Gasteiger partial charge is 0.123 e. The fourth-order valence-electron chi connectivity index (χ4n) is 2.62. The first-order valence-corrected chi connectivity index (χ1v) is 7.75. The SMILES string of the molecule is COc1ccccc1C(Cc1csc2ccccc12)NN. The molecule has 0 saturated heterocycles. The summed E-state index contributed by atoms with van der Waals surface area (Å²) in [5.74, 6) is 6.65. The minimum atomic E-state index is 0.0270. The number of rotatable bonds is 5. The zero-order valence-corrected chi connectivity index (χ0v) is 12.7. The van der Waals surface area contributed by atoms with Gasteiger partial charge in [0, 0.05) is 10.3 Å². The van der Waals surface area contributed by atoms with Gasteiger partial charge in [-0.15, -0.1) is 11.3 Å². The van der Waals surface area contributed by atoms with Crippen LogP contribution < -0.4 is 16.0 Å². The summed E-state index contributed by atoms with van der Waals surface area (Å²) in [6, 6.07) is 16.5. The molecule has 3 rings (SSSR count). The minimum absolute atomic E-state index is 0.0270. The second-order valence-corrected chi connectivity index (χ2v) is 5.83. The number of methoxy groups -OCH3 is 1. The van der Waals surface area contributed by atoms with Crippen LogP contribution in [0.1, 0.15) is 17.2 Å².